The minimum absolute atomic E-state index is 0.297. The molecule has 0 aromatic carbocycles. The van der Waals surface area contributed by atoms with E-state index >= 15 is 0 Å². The van der Waals surface area contributed by atoms with Crippen LogP contribution in [0.3, 0.4) is 0 Å². The molecule has 2 aliphatic carbocycles. The first-order valence-corrected chi connectivity index (χ1v) is 6.56. The molecule has 0 spiro atoms. The molecule has 0 fully saturated rings. The van der Waals surface area contributed by atoms with E-state index in [1.165, 1.54) is 5.69 Å². The van der Waals surface area contributed by atoms with Crippen molar-refractivity contribution >= 4 is 5.78 Å². The molecular formula is C15H14N2O. The zero-order valence-electron chi connectivity index (χ0n) is 10.1. The van der Waals surface area contributed by atoms with Gasteiger partial charge in [0, 0.05) is 46.4 Å². The summed E-state index contributed by atoms with van der Waals surface area (Å²) in [5.41, 5.74) is 6.76. The topological polar surface area (TPSA) is 45.8 Å². The van der Waals surface area contributed by atoms with Gasteiger partial charge in [0.25, 0.3) is 0 Å². The van der Waals surface area contributed by atoms with Gasteiger partial charge in [-0.2, -0.15) is 0 Å². The van der Waals surface area contributed by atoms with Crippen LogP contribution < -0.4 is 0 Å². The van der Waals surface area contributed by atoms with Crippen LogP contribution in [0.2, 0.25) is 0 Å². The second kappa shape index (κ2) is 3.55. The van der Waals surface area contributed by atoms with Crippen LogP contribution in [-0.2, 0) is 19.3 Å². The van der Waals surface area contributed by atoms with Crippen LogP contribution in [0.1, 0.15) is 40.3 Å². The summed E-state index contributed by atoms with van der Waals surface area (Å²) in [6.45, 7) is 0. The van der Waals surface area contributed by atoms with Gasteiger partial charge >= 0.3 is 0 Å². The molecule has 0 amide bonds. The number of hydrogen-bond acceptors (Lipinski definition) is 2. The number of carbonyl (C=O) groups excluding carboxylic acids is 1. The Bertz CT molecular complexity index is 655. The van der Waals surface area contributed by atoms with Crippen LogP contribution in [0.25, 0.3) is 11.1 Å². The number of H-pyrrole nitrogens is 1. The summed E-state index contributed by atoms with van der Waals surface area (Å²) in [4.78, 5) is 20.1. The van der Waals surface area contributed by atoms with E-state index in [1.807, 2.05) is 12.3 Å². The average molecular weight is 238 g/mol. The monoisotopic (exact) mass is 238 g/mol. The predicted molar refractivity (Wildman–Crippen MR) is 68.7 cm³/mol. The molecule has 0 bridgehead atoms. The molecule has 0 unspecified atom stereocenters. The quantitative estimate of drug-likeness (QED) is 0.767. The number of fused-ring (bicyclic) bond motifs is 5. The zero-order valence-corrected chi connectivity index (χ0v) is 10.1. The number of carbonyl (C=O) groups is 1. The van der Waals surface area contributed by atoms with Gasteiger partial charge in [-0.15, -0.1) is 0 Å². The summed E-state index contributed by atoms with van der Waals surface area (Å²) in [6, 6.07) is 4.05. The van der Waals surface area contributed by atoms with Crippen LogP contribution in [0.15, 0.2) is 18.3 Å². The van der Waals surface area contributed by atoms with Gasteiger partial charge < -0.3 is 4.98 Å². The lowest BCUT2D eigenvalue weighted by Gasteiger charge is -2.17. The summed E-state index contributed by atoms with van der Waals surface area (Å²) in [6.07, 6.45) is 6.45. The van der Waals surface area contributed by atoms with E-state index in [-0.39, 0.29) is 0 Å². The Morgan fingerprint density at radius 2 is 1.94 bits per heavy atom. The summed E-state index contributed by atoms with van der Waals surface area (Å²) in [7, 11) is 0. The predicted octanol–water partition coefficient (Wildman–Crippen LogP) is 2.69. The maximum absolute atomic E-state index is 12.2. The fourth-order valence-corrected chi connectivity index (χ4v) is 3.25. The molecule has 0 saturated heterocycles. The van der Waals surface area contributed by atoms with Crippen molar-refractivity contribution in [2.75, 3.05) is 0 Å². The van der Waals surface area contributed by atoms with Crippen molar-refractivity contribution in [3.63, 3.8) is 0 Å². The van der Waals surface area contributed by atoms with Crippen molar-refractivity contribution in [1.29, 1.82) is 0 Å². The van der Waals surface area contributed by atoms with Crippen LogP contribution in [-0.4, -0.2) is 15.8 Å². The van der Waals surface area contributed by atoms with E-state index in [2.05, 4.69) is 16.0 Å². The Hall–Kier alpha value is -1.90. The number of nitrogens with zero attached hydrogens (tertiary/aromatic N) is 1. The third kappa shape index (κ3) is 1.24. The van der Waals surface area contributed by atoms with Gasteiger partial charge in [-0.25, -0.2) is 0 Å². The molecule has 0 atom stereocenters. The maximum atomic E-state index is 12.2. The fraction of sp³-hybridized carbons (Fsp3) is 0.333. The van der Waals surface area contributed by atoms with E-state index in [1.54, 1.807) is 0 Å². The van der Waals surface area contributed by atoms with Crippen molar-refractivity contribution in [2.24, 2.45) is 0 Å². The van der Waals surface area contributed by atoms with Crippen LogP contribution in [0.5, 0.6) is 0 Å². The lowest BCUT2D eigenvalue weighted by atomic mass is 9.86. The average Bonchev–Trinajstić information content (AvgIpc) is 2.79. The highest BCUT2D eigenvalue weighted by Crippen LogP contribution is 2.39. The van der Waals surface area contributed by atoms with Crippen molar-refractivity contribution in [3.8, 4) is 11.1 Å². The van der Waals surface area contributed by atoms with Crippen molar-refractivity contribution in [2.45, 2.75) is 32.1 Å². The first-order valence-electron chi connectivity index (χ1n) is 6.56. The number of nitrogens with one attached hydrogen (secondary N) is 1. The first-order chi connectivity index (χ1) is 8.84. The maximum Gasteiger partial charge on any atom is 0.165 e. The summed E-state index contributed by atoms with van der Waals surface area (Å²) < 4.78 is 0. The number of Topliss-reactive ketones (excluding diaryl/α,β-unsaturated/α-hetero) is 1. The van der Waals surface area contributed by atoms with Crippen LogP contribution in [0.4, 0.5) is 0 Å². The molecule has 3 heteroatoms. The highest BCUT2D eigenvalue weighted by Gasteiger charge is 2.29. The highest BCUT2D eigenvalue weighted by molar-refractivity contribution is 6.05. The highest BCUT2D eigenvalue weighted by atomic mass is 16.1. The molecular weight excluding hydrogens is 224 g/mol. The molecule has 0 saturated carbocycles. The van der Waals surface area contributed by atoms with E-state index in [4.69, 9.17) is 0 Å². The molecule has 2 aromatic rings. The second-order valence-electron chi connectivity index (χ2n) is 5.11. The largest absolute Gasteiger partial charge is 0.361 e. The Morgan fingerprint density at radius 1 is 1.06 bits per heavy atom. The third-order valence-electron chi connectivity index (χ3n) is 4.04. The standard InChI is InChI=1S/C15H14N2O/c18-13-5-1-4-11-15(13)14-9-3-2-8-16-10(9)6-7-12(14)17-11/h2-3,8,17H,1,4-7H2. The molecule has 2 aliphatic rings. The number of rotatable bonds is 0. The molecule has 2 heterocycles. The van der Waals surface area contributed by atoms with Crippen molar-refractivity contribution in [3.05, 3.63) is 41.0 Å². The van der Waals surface area contributed by atoms with Crippen molar-refractivity contribution < 1.29 is 4.79 Å². The van der Waals surface area contributed by atoms with E-state index in [0.717, 1.165) is 53.8 Å². The third-order valence-corrected chi connectivity index (χ3v) is 4.04. The lowest BCUT2D eigenvalue weighted by Crippen LogP contribution is -2.11. The molecule has 4 rings (SSSR count). The molecule has 2 aromatic heterocycles. The van der Waals surface area contributed by atoms with Crippen molar-refractivity contribution in [1.82, 2.24) is 9.97 Å². The first kappa shape index (κ1) is 10.1. The number of ketones is 1. The Kier molecular flexibility index (Phi) is 1.98. The van der Waals surface area contributed by atoms with Gasteiger partial charge in [0.2, 0.25) is 0 Å². The van der Waals surface area contributed by atoms with Gasteiger partial charge in [-0.1, -0.05) is 6.07 Å². The number of pyridine rings is 1. The fourth-order valence-electron chi connectivity index (χ4n) is 3.25. The van der Waals surface area contributed by atoms with Gasteiger partial charge in [0.1, 0.15) is 0 Å². The van der Waals surface area contributed by atoms with Gasteiger partial charge in [-0.05, 0) is 31.7 Å². The second-order valence-corrected chi connectivity index (χ2v) is 5.11. The summed E-state index contributed by atoms with van der Waals surface area (Å²) >= 11 is 0. The molecule has 90 valence electrons. The zero-order chi connectivity index (χ0) is 12.1. The molecule has 0 aliphatic heterocycles. The molecule has 18 heavy (non-hydrogen) atoms. The number of hydrogen-bond donors (Lipinski definition) is 1. The van der Waals surface area contributed by atoms with Gasteiger partial charge in [0.15, 0.2) is 5.78 Å². The van der Waals surface area contributed by atoms with Gasteiger partial charge in [0.05, 0.1) is 0 Å². The minimum Gasteiger partial charge on any atom is -0.361 e. The number of aromatic nitrogens is 2. The number of aromatic amines is 1. The Balaban J connectivity index is 2.03. The minimum atomic E-state index is 0.297. The Labute approximate surface area is 105 Å². The lowest BCUT2D eigenvalue weighted by molar-refractivity contribution is 0.0973. The Morgan fingerprint density at radius 3 is 2.89 bits per heavy atom. The summed E-state index contributed by atoms with van der Waals surface area (Å²) in [5, 5.41) is 0. The van der Waals surface area contributed by atoms with Crippen LogP contribution >= 0.6 is 0 Å². The molecule has 3 nitrogen and oxygen atoms in total. The van der Waals surface area contributed by atoms with Crippen LogP contribution in [0, 0.1) is 0 Å². The molecule has 0 radical (unpaired) electrons. The molecule has 1 N–H and O–H groups in total. The smallest absolute Gasteiger partial charge is 0.165 e. The summed E-state index contributed by atoms with van der Waals surface area (Å²) in [5.74, 6) is 0.297. The van der Waals surface area contributed by atoms with Gasteiger partial charge in [-0.3, -0.25) is 9.78 Å². The normalized spacial score (nSPS) is 17.0. The SMILES string of the molecule is O=C1CCCc2[nH]c3c(c21)-c1cccnc1CC3. The van der Waals surface area contributed by atoms with E-state index < -0.39 is 0 Å². The number of aryl methyl sites for hydroxylation is 3. The van der Waals surface area contributed by atoms with E-state index in [0.29, 0.717) is 12.2 Å². The van der Waals surface area contributed by atoms with E-state index in [9.17, 15) is 4.79 Å².